The predicted octanol–water partition coefficient (Wildman–Crippen LogP) is 4.02. The monoisotopic (exact) mass is 299 g/mol. The molecule has 3 heteroatoms. The molecular formula is C19H25NO2. The van der Waals surface area contributed by atoms with Crippen LogP contribution in [0.15, 0.2) is 36.1 Å². The number of unbranched alkanes of at least 4 members (excludes halogenated alkanes) is 1. The highest BCUT2D eigenvalue weighted by Crippen LogP contribution is 2.51. The molecule has 1 aromatic rings. The minimum atomic E-state index is 0.197. The third-order valence-electron chi connectivity index (χ3n) is 4.83. The van der Waals surface area contributed by atoms with Crippen LogP contribution >= 0.6 is 0 Å². The van der Waals surface area contributed by atoms with E-state index in [9.17, 15) is 5.11 Å². The molecule has 3 nitrogen and oxygen atoms in total. The third kappa shape index (κ3) is 2.78. The molecule has 22 heavy (non-hydrogen) atoms. The van der Waals surface area contributed by atoms with Gasteiger partial charge in [-0.25, -0.2) is 0 Å². The van der Waals surface area contributed by atoms with Crippen LogP contribution in [0.2, 0.25) is 0 Å². The van der Waals surface area contributed by atoms with Crippen LogP contribution in [-0.2, 0) is 6.42 Å². The van der Waals surface area contributed by atoms with Crippen molar-refractivity contribution in [3.63, 3.8) is 0 Å². The average Bonchev–Trinajstić information content (AvgIpc) is 2.46. The highest BCUT2D eigenvalue weighted by Gasteiger charge is 2.36. The van der Waals surface area contributed by atoms with Gasteiger partial charge in [0.1, 0.15) is 17.3 Å². The van der Waals surface area contributed by atoms with Gasteiger partial charge in [-0.1, -0.05) is 18.2 Å². The van der Waals surface area contributed by atoms with Gasteiger partial charge in [-0.05, 0) is 63.3 Å². The smallest absolute Gasteiger partial charge is 0.134 e. The molecule has 3 N–H and O–H groups in total. The van der Waals surface area contributed by atoms with Crippen molar-refractivity contribution in [1.82, 2.24) is 0 Å². The van der Waals surface area contributed by atoms with Gasteiger partial charge in [0.25, 0.3) is 0 Å². The second-order valence-electron chi connectivity index (χ2n) is 6.52. The maximum absolute atomic E-state index is 10.5. The largest absolute Gasteiger partial charge is 0.507 e. The Hall–Kier alpha value is -1.74. The van der Waals surface area contributed by atoms with E-state index in [1.165, 1.54) is 5.57 Å². The van der Waals surface area contributed by atoms with E-state index in [-0.39, 0.29) is 11.8 Å². The van der Waals surface area contributed by atoms with E-state index in [1.807, 2.05) is 6.07 Å². The van der Waals surface area contributed by atoms with E-state index >= 15 is 0 Å². The van der Waals surface area contributed by atoms with Gasteiger partial charge >= 0.3 is 0 Å². The van der Waals surface area contributed by atoms with Gasteiger partial charge < -0.3 is 15.6 Å². The van der Waals surface area contributed by atoms with Crippen LogP contribution in [0, 0.1) is 5.92 Å². The van der Waals surface area contributed by atoms with E-state index in [1.54, 1.807) is 0 Å². The SMILES string of the molecule is C=C1Oc2cc(CCCCN)cc(O)c2[C@@H]2C=C(C)CC[C@@H]12. The van der Waals surface area contributed by atoms with Crippen LogP contribution in [0.1, 0.15) is 49.7 Å². The summed E-state index contributed by atoms with van der Waals surface area (Å²) in [6.45, 7) is 6.97. The average molecular weight is 299 g/mol. The maximum atomic E-state index is 10.5. The molecule has 0 spiro atoms. The number of ether oxygens (including phenoxy) is 1. The van der Waals surface area contributed by atoms with Crippen LogP contribution in [0.25, 0.3) is 0 Å². The van der Waals surface area contributed by atoms with Crippen molar-refractivity contribution in [2.24, 2.45) is 11.7 Å². The van der Waals surface area contributed by atoms with E-state index in [0.29, 0.717) is 12.3 Å². The summed E-state index contributed by atoms with van der Waals surface area (Å²) >= 11 is 0. The summed E-state index contributed by atoms with van der Waals surface area (Å²) in [5.41, 5.74) is 8.96. The fourth-order valence-corrected chi connectivity index (χ4v) is 3.64. The zero-order valence-electron chi connectivity index (χ0n) is 13.3. The molecule has 0 unspecified atom stereocenters. The van der Waals surface area contributed by atoms with E-state index in [4.69, 9.17) is 10.5 Å². The molecule has 1 aliphatic heterocycles. The second-order valence-corrected chi connectivity index (χ2v) is 6.52. The Balaban J connectivity index is 1.95. The lowest BCUT2D eigenvalue weighted by atomic mass is 9.74. The summed E-state index contributed by atoms with van der Waals surface area (Å²) in [6, 6.07) is 3.95. The van der Waals surface area contributed by atoms with Crippen LogP contribution in [0.4, 0.5) is 0 Å². The number of aromatic hydroxyl groups is 1. The van der Waals surface area contributed by atoms with Gasteiger partial charge in [0.2, 0.25) is 0 Å². The molecule has 1 heterocycles. The summed E-state index contributed by atoms with van der Waals surface area (Å²) in [5.74, 6) is 2.45. The molecule has 0 aromatic heterocycles. The highest BCUT2D eigenvalue weighted by atomic mass is 16.5. The molecule has 3 rings (SSSR count). The normalized spacial score (nSPS) is 23.4. The first kappa shape index (κ1) is 15.2. The molecule has 0 radical (unpaired) electrons. The van der Waals surface area contributed by atoms with Crippen LogP contribution in [-0.4, -0.2) is 11.7 Å². The van der Waals surface area contributed by atoms with Crippen molar-refractivity contribution < 1.29 is 9.84 Å². The summed E-state index contributed by atoms with van der Waals surface area (Å²) in [5, 5.41) is 10.5. The van der Waals surface area contributed by atoms with Gasteiger partial charge in [-0.2, -0.15) is 0 Å². The lowest BCUT2D eigenvalue weighted by Crippen LogP contribution is -2.25. The van der Waals surface area contributed by atoms with Crippen LogP contribution < -0.4 is 10.5 Å². The lowest BCUT2D eigenvalue weighted by molar-refractivity contribution is 0.275. The van der Waals surface area contributed by atoms with Gasteiger partial charge in [0.15, 0.2) is 0 Å². The number of rotatable bonds is 4. The Morgan fingerprint density at radius 2 is 2.18 bits per heavy atom. The molecule has 1 aromatic carbocycles. The van der Waals surface area contributed by atoms with Crippen LogP contribution in [0.5, 0.6) is 11.5 Å². The summed E-state index contributed by atoms with van der Waals surface area (Å²) in [6.07, 6.45) is 7.34. The number of fused-ring (bicyclic) bond motifs is 3. The summed E-state index contributed by atoms with van der Waals surface area (Å²) in [4.78, 5) is 0. The van der Waals surface area contributed by atoms with Gasteiger partial charge in [0, 0.05) is 17.4 Å². The quantitative estimate of drug-likeness (QED) is 0.652. The molecule has 118 valence electrons. The number of benzene rings is 1. The molecular weight excluding hydrogens is 274 g/mol. The standard InChI is InChI=1S/C19H25NO2/c1-12-6-7-15-13(2)22-18-11-14(5-3-4-8-20)10-17(21)19(18)16(15)9-12/h9-11,15-16,21H,2-8,20H2,1H3/t15-,16+/m0/s1. The van der Waals surface area contributed by atoms with Gasteiger partial charge in [0.05, 0.1) is 0 Å². The predicted molar refractivity (Wildman–Crippen MR) is 89.1 cm³/mol. The van der Waals surface area contributed by atoms with E-state index < -0.39 is 0 Å². The Morgan fingerprint density at radius 3 is 2.95 bits per heavy atom. The number of nitrogens with two attached hydrogens (primary N) is 1. The minimum Gasteiger partial charge on any atom is -0.507 e. The highest BCUT2D eigenvalue weighted by molar-refractivity contribution is 5.54. The first-order valence-corrected chi connectivity index (χ1v) is 8.20. The first-order chi connectivity index (χ1) is 10.6. The first-order valence-electron chi connectivity index (χ1n) is 8.20. The number of phenols is 1. The second kappa shape index (κ2) is 6.17. The van der Waals surface area contributed by atoms with Crippen molar-refractivity contribution in [3.05, 3.63) is 47.2 Å². The number of hydrogen-bond donors (Lipinski definition) is 2. The zero-order valence-corrected chi connectivity index (χ0v) is 13.3. The Labute approximate surface area is 132 Å². The van der Waals surface area contributed by atoms with Crippen molar-refractivity contribution in [1.29, 1.82) is 0 Å². The zero-order chi connectivity index (χ0) is 15.7. The fraction of sp³-hybridized carbons (Fsp3) is 0.474. The Kier molecular flexibility index (Phi) is 4.25. The number of phenolic OH excluding ortho intramolecular Hbond substituents is 1. The van der Waals surface area contributed by atoms with E-state index in [0.717, 1.165) is 54.7 Å². The van der Waals surface area contributed by atoms with Crippen molar-refractivity contribution in [3.8, 4) is 11.5 Å². The maximum Gasteiger partial charge on any atom is 0.134 e. The lowest BCUT2D eigenvalue weighted by Gasteiger charge is -2.37. The molecule has 0 saturated carbocycles. The van der Waals surface area contributed by atoms with Crippen molar-refractivity contribution in [2.45, 2.75) is 44.9 Å². The molecule has 0 fully saturated rings. The van der Waals surface area contributed by atoms with Gasteiger partial charge in [-0.15, -0.1) is 0 Å². The minimum absolute atomic E-state index is 0.197. The summed E-state index contributed by atoms with van der Waals surface area (Å²) < 4.78 is 5.96. The Bertz CT molecular complexity index is 618. The van der Waals surface area contributed by atoms with Crippen molar-refractivity contribution >= 4 is 0 Å². The molecule has 0 amide bonds. The molecule has 0 saturated heterocycles. The number of allylic oxidation sites excluding steroid dienone is 3. The molecule has 2 atom stereocenters. The third-order valence-corrected chi connectivity index (χ3v) is 4.83. The number of aryl methyl sites for hydroxylation is 1. The fourth-order valence-electron chi connectivity index (χ4n) is 3.64. The molecule has 0 bridgehead atoms. The number of hydrogen-bond acceptors (Lipinski definition) is 3. The summed E-state index contributed by atoms with van der Waals surface area (Å²) in [7, 11) is 0. The van der Waals surface area contributed by atoms with Crippen LogP contribution in [0.3, 0.4) is 0 Å². The molecule has 1 aliphatic carbocycles. The topological polar surface area (TPSA) is 55.5 Å². The Morgan fingerprint density at radius 1 is 1.36 bits per heavy atom. The van der Waals surface area contributed by atoms with E-state index in [2.05, 4.69) is 25.6 Å². The molecule has 2 aliphatic rings. The van der Waals surface area contributed by atoms with Crippen molar-refractivity contribution in [2.75, 3.05) is 6.54 Å². The van der Waals surface area contributed by atoms with Gasteiger partial charge in [-0.3, -0.25) is 0 Å².